The summed E-state index contributed by atoms with van der Waals surface area (Å²) in [6.07, 6.45) is 3.94. The van der Waals surface area contributed by atoms with Crippen molar-refractivity contribution in [3.63, 3.8) is 0 Å². The molecule has 0 aliphatic heterocycles. The van der Waals surface area contributed by atoms with Crippen LogP contribution in [0.15, 0.2) is 24.4 Å². The molecule has 4 nitrogen and oxygen atoms in total. The molecule has 1 aromatic carbocycles. The van der Waals surface area contributed by atoms with Crippen LogP contribution in [-0.2, 0) is 13.5 Å². The van der Waals surface area contributed by atoms with Gasteiger partial charge in [0.15, 0.2) is 0 Å². The zero-order valence-electron chi connectivity index (χ0n) is 12.8. The van der Waals surface area contributed by atoms with Crippen molar-refractivity contribution in [3.8, 4) is 0 Å². The highest BCUT2D eigenvalue weighted by Crippen LogP contribution is 2.19. The fraction of sp³-hybridized carbons (Fsp3) is 0.500. The van der Waals surface area contributed by atoms with Crippen LogP contribution in [0.1, 0.15) is 41.8 Å². The third kappa shape index (κ3) is 3.67. The molecule has 1 aromatic heterocycles. The zero-order valence-corrected chi connectivity index (χ0v) is 12.8. The van der Waals surface area contributed by atoms with E-state index in [-0.39, 0.29) is 6.04 Å². The van der Waals surface area contributed by atoms with Crippen molar-refractivity contribution in [2.45, 2.75) is 39.7 Å². The van der Waals surface area contributed by atoms with Crippen molar-refractivity contribution in [3.05, 3.63) is 46.8 Å². The summed E-state index contributed by atoms with van der Waals surface area (Å²) in [5.41, 5.74) is 5.13. The molecule has 1 unspecified atom stereocenters. The lowest BCUT2D eigenvalue weighted by molar-refractivity contribution is 0.492. The molecule has 0 fully saturated rings. The normalized spacial score (nSPS) is 12.6. The fourth-order valence-electron chi connectivity index (χ4n) is 2.64. The van der Waals surface area contributed by atoms with Gasteiger partial charge in [-0.05, 0) is 38.8 Å². The third-order valence-corrected chi connectivity index (χ3v) is 3.47. The Hall–Kier alpha value is -1.68. The minimum atomic E-state index is 0.260. The van der Waals surface area contributed by atoms with Gasteiger partial charge in [0, 0.05) is 7.05 Å². The average Bonchev–Trinajstić information content (AvgIpc) is 2.79. The first-order valence-electron chi connectivity index (χ1n) is 7.25. The lowest BCUT2D eigenvalue weighted by Crippen LogP contribution is -2.26. The van der Waals surface area contributed by atoms with Crippen LogP contribution in [0.5, 0.6) is 0 Å². The van der Waals surface area contributed by atoms with Crippen LogP contribution in [-0.4, -0.2) is 21.5 Å². The molecule has 0 saturated carbocycles. The summed E-state index contributed by atoms with van der Waals surface area (Å²) in [4.78, 5) is 0. The van der Waals surface area contributed by atoms with E-state index >= 15 is 0 Å². The Morgan fingerprint density at radius 1 is 1.20 bits per heavy atom. The number of rotatable bonds is 6. The van der Waals surface area contributed by atoms with Crippen LogP contribution in [0, 0.1) is 13.8 Å². The second kappa shape index (κ2) is 6.66. The van der Waals surface area contributed by atoms with E-state index in [1.54, 1.807) is 0 Å². The Kier molecular flexibility index (Phi) is 4.90. The molecule has 0 radical (unpaired) electrons. The van der Waals surface area contributed by atoms with Crippen molar-refractivity contribution in [1.82, 2.24) is 20.3 Å². The first-order valence-corrected chi connectivity index (χ1v) is 7.25. The topological polar surface area (TPSA) is 42.7 Å². The maximum atomic E-state index is 4.05. The number of nitrogens with zero attached hydrogens (tertiary/aromatic N) is 3. The quantitative estimate of drug-likeness (QED) is 0.879. The van der Waals surface area contributed by atoms with Crippen molar-refractivity contribution in [2.75, 3.05) is 6.54 Å². The van der Waals surface area contributed by atoms with Gasteiger partial charge in [0.05, 0.1) is 17.9 Å². The second-order valence-corrected chi connectivity index (χ2v) is 5.49. The molecule has 108 valence electrons. The van der Waals surface area contributed by atoms with Gasteiger partial charge in [-0.3, -0.25) is 4.68 Å². The molecule has 2 rings (SSSR count). The highest BCUT2D eigenvalue weighted by molar-refractivity contribution is 5.29. The monoisotopic (exact) mass is 272 g/mol. The Morgan fingerprint density at radius 2 is 1.90 bits per heavy atom. The van der Waals surface area contributed by atoms with Gasteiger partial charge in [0.1, 0.15) is 0 Å². The minimum Gasteiger partial charge on any atom is -0.308 e. The summed E-state index contributed by atoms with van der Waals surface area (Å²) < 4.78 is 1.86. The summed E-state index contributed by atoms with van der Waals surface area (Å²) in [5, 5.41) is 11.6. The summed E-state index contributed by atoms with van der Waals surface area (Å²) >= 11 is 0. The van der Waals surface area contributed by atoms with Crippen LogP contribution in [0.2, 0.25) is 0 Å². The summed E-state index contributed by atoms with van der Waals surface area (Å²) in [6, 6.07) is 6.99. The van der Waals surface area contributed by atoms with Gasteiger partial charge in [0.2, 0.25) is 0 Å². The Morgan fingerprint density at radius 3 is 2.45 bits per heavy atom. The Labute approximate surface area is 121 Å². The van der Waals surface area contributed by atoms with Crippen LogP contribution >= 0.6 is 0 Å². The van der Waals surface area contributed by atoms with Gasteiger partial charge >= 0.3 is 0 Å². The van der Waals surface area contributed by atoms with E-state index in [2.05, 4.69) is 54.6 Å². The molecular formula is C16H24N4. The highest BCUT2D eigenvalue weighted by Gasteiger charge is 2.16. The lowest BCUT2D eigenvalue weighted by atomic mass is 9.99. The van der Waals surface area contributed by atoms with E-state index in [0.717, 1.165) is 25.1 Å². The molecule has 20 heavy (non-hydrogen) atoms. The number of hydrogen-bond acceptors (Lipinski definition) is 3. The number of aromatic nitrogens is 3. The molecule has 0 saturated heterocycles. The first-order chi connectivity index (χ1) is 9.60. The van der Waals surface area contributed by atoms with Crippen LogP contribution in [0.25, 0.3) is 0 Å². The van der Waals surface area contributed by atoms with E-state index in [0.29, 0.717) is 0 Å². The van der Waals surface area contributed by atoms with Crippen LogP contribution in [0.3, 0.4) is 0 Å². The molecule has 2 aromatic rings. The number of hydrogen-bond donors (Lipinski definition) is 1. The lowest BCUT2D eigenvalue weighted by Gasteiger charge is -2.19. The zero-order chi connectivity index (χ0) is 14.5. The van der Waals surface area contributed by atoms with E-state index < -0.39 is 0 Å². The van der Waals surface area contributed by atoms with Crippen molar-refractivity contribution in [2.24, 2.45) is 7.05 Å². The molecule has 0 aliphatic carbocycles. The molecule has 1 heterocycles. The summed E-state index contributed by atoms with van der Waals surface area (Å²) in [5.74, 6) is 0. The maximum Gasteiger partial charge on any atom is 0.0756 e. The highest BCUT2D eigenvalue weighted by atomic mass is 15.4. The summed E-state index contributed by atoms with van der Waals surface area (Å²) in [6.45, 7) is 7.48. The largest absolute Gasteiger partial charge is 0.308 e. The molecule has 4 heteroatoms. The number of aryl methyl sites for hydroxylation is 3. The maximum absolute atomic E-state index is 4.05. The predicted octanol–water partition coefficient (Wildman–Crippen LogP) is 2.72. The number of nitrogens with one attached hydrogen (secondary N) is 1. The number of benzene rings is 1. The minimum absolute atomic E-state index is 0.260. The molecular weight excluding hydrogens is 248 g/mol. The third-order valence-electron chi connectivity index (χ3n) is 3.47. The molecule has 0 spiro atoms. The molecule has 1 N–H and O–H groups in total. The molecule has 0 bridgehead atoms. The van der Waals surface area contributed by atoms with Gasteiger partial charge in [-0.15, -0.1) is 5.10 Å². The molecule has 1 atom stereocenters. The van der Waals surface area contributed by atoms with E-state index in [9.17, 15) is 0 Å². The van der Waals surface area contributed by atoms with Gasteiger partial charge in [0.25, 0.3) is 0 Å². The van der Waals surface area contributed by atoms with Gasteiger partial charge in [-0.1, -0.05) is 41.5 Å². The fourth-order valence-corrected chi connectivity index (χ4v) is 2.64. The van der Waals surface area contributed by atoms with Gasteiger partial charge < -0.3 is 5.32 Å². The second-order valence-electron chi connectivity index (χ2n) is 5.49. The predicted molar refractivity (Wildman–Crippen MR) is 81.7 cm³/mol. The molecule has 0 aliphatic rings. The van der Waals surface area contributed by atoms with Gasteiger partial charge in [-0.25, -0.2) is 0 Å². The van der Waals surface area contributed by atoms with Crippen molar-refractivity contribution in [1.29, 1.82) is 0 Å². The Balaban J connectivity index is 2.21. The van der Waals surface area contributed by atoms with E-state index in [4.69, 9.17) is 0 Å². The average molecular weight is 272 g/mol. The van der Waals surface area contributed by atoms with E-state index in [1.807, 2.05) is 17.9 Å². The molecule has 0 amide bonds. The van der Waals surface area contributed by atoms with Gasteiger partial charge in [-0.2, -0.15) is 0 Å². The SMILES string of the molecule is CCCNC(Cc1cc(C)cc(C)c1)c1cnnn1C. The van der Waals surface area contributed by atoms with Crippen molar-refractivity contribution >= 4 is 0 Å². The summed E-state index contributed by atoms with van der Waals surface area (Å²) in [7, 11) is 1.95. The Bertz CT molecular complexity index is 539. The van der Waals surface area contributed by atoms with E-state index in [1.165, 1.54) is 16.7 Å². The van der Waals surface area contributed by atoms with Crippen LogP contribution < -0.4 is 5.32 Å². The smallest absolute Gasteiger partial charge is 0.0756 e. The van der Waals surface area contributed by atoms with Crippen molar-refractivity contribution < 1.29 is 0 Å². The van der Waals surface area contributed by atoms with Crippen LogP contribution in [0.4, 0.5) is 0 Å². The standard InChI is InChI=1S/C16H24N4/c1-5-6-17-15(16-11-18-19-20(16)4)10-14-8-12(2)7-13(3)9-14/h7-9,11,15,17H,5-6,10H2,1-4H3. The first kappa shape index (κ1) is 14.7.